The maximum atomic E-state index is 12.6. The van der Waals surface area contributed by atoms with Crippen LogP contribution in [-0.2, 0) is 4.74 Å². The first-order chi connectivity index (χ1) is 14.1. The summed E-state index contributed by atoms with van der Waals surface area (Å²) >= 11 is 0. The highest BCUT2D eigenvalue weighted by molar-refractivity contribution is 5.90. The molecule has 1 aromatic carbocycles. The van der Waals surface area contributed by atoms with Crippen molar-refractivity contribution in [3.8, 4) is 0 Å². The van der Waals surface area contributed by atoms with Crippen molar-refractivity contribution in [3.63, 3.8) is 0 Å². The Balaban J connectivity index is 1.56. The van der Waals surface area contributed by atoms with Gasteiger partial charge in [-0.25, -0.2) is 4.79 Å². The highest BCUT2D eigenvalue weighted by Crippen LogP contribution is 2.24. The SMILES string of the molecule is CCC(CC)C(CNC(=O)Nc1ccc(N2CCOCC2)cc1C)N1CCCC1. The number of morpholine rings is 1. The fourth-order valence-electron chi connectivity index (χ4n) is 4.67. The number of benzene rings is 1. The van der Waals surface area contributed by atoms with Gasteiger partial charge in [0, 0.05) is 37.1 Å². The molecule has 0 aromatic heterocycles. The summed E-state index contributed by atoms with van der Waals surface area (Å²) in [5, 5.41) is 6.19. The number of ether oxygens (including phenoxy) is 1. The second-order valence-electron chi connectivity index (χ2n) is 8.32. The van der Waals surface area contributed by atoms with Gasteiger partial charge in [-0.3, -0.25) is 4.90 Å². The van der Waals surface area contributed by atoms with E-state index < -0.39 is 0 Å². The molecule has 0 radical (unpaired) electrons. The van der Waals surface area contributed by atoms with Crippen molar-refractivity contribution in [1.29, 1.82) is 0 Å². The molecule has 0 spiro atoms. The van der Waals surface area contributed by atoms with E-state index in [0.29, 0.717) is 18.5 Å². The molecule has 2 saturated heterocycles. The summed E-state index contributed by atoms with van der Waals surface area (Å²) < 4.78 is 5.43. The van der Waals surface area contributed by atoms with E-state index >= 15 is 0 Å². The van der Waals surface area contributed by atoms with Crippen LogP contribution in [0.1, 0.15) is 45.1 Å². The van der Waals surface area contributed by atoms with Crippen molar-refractivity contribution in [2.45, 2.75) is 52.5 Å². The molecule has 29 heavy (non-hydrogen) atoms. The lowest BCUT2D eigenvalue weighted by Crippen LogP contribution is -2.47. The van der Waals surface area contributed by atoms with Gasteiger partial charge >= 0.3 is 6.03 Å². The largest absolute Gasteiger partial charge is 0.378 e. The zero-order chi connectivity index (χ0) is 20.6. The molecule has 2 aliphatic heterocycles. The van der Waals surface area contributed by atoms with Crippen LogP contribution in [-0.4, -0.2) is 62.9 Å². The molecule has 6 nitrogen and oxygen atoms in total. The van der Waals surface area contributed by atoms with E-state index in [9.17, 15) is 4.79 Å². The van der Waals surface area contributed by atoms with E-state index in [1.54, 1.807) is 0 Å². The normalized spacial score (nSPS) is 18.8. The van der Waals surface area contributed by atoms with Crippen LogP contribution in [0.4, 0.5) is 16.2 Å². The van der Waals surface area contributed by atoms with Crippen molar-refractivity contribution in [3.05, 3.63) is 23.8 Å². The number of anilines is 2. The predicted octanol–water partition coefficient (Wildman–Crippen LogP) is 3.85. The molecule has 2 fully saturated rings. The number of hydrogen-bond acceptors (Lipinski definition) is 4. The van der Waals surface area contributed by atoms with Gasteiger partial charge < -0.3 is 20.3 Å². The molecule has 3 rings (SSSR count). The number of rotatable bonds is 8. The fraction of sp³-hybridized carbons (Fsp3) is 0.696. The topological polar surface area (TPSA) is 56.8 Å². The third-order valence-electron chi connectivity index (χ3n) is 6.51. The smallest absolute Gasteiger partial charge is 0.319 e. The maximum absolute atomic E-state index is 12.6. The Bertz CT molecular complexity index is 648. The van der Waals surface area contributed by atoms with Gasteiger partial charge in [0.2, 0.25) is 0 Å². The number of nitrogens with zero attached hydrogens (tertiary/aromatic N) is 2. The summed E-state index contributed by atoms with van der Waals surface area (Å²) in [4.78, 5) is 17.5. The highest BCUT2D eigenvalue weighted by atomic mass is 16.5. The molecule has 1 aromatic rings. The van der Waals surface area contributed by atoms with Crippen molar-refractivity contribution in [1.82, 2.24) is 10.2 Å². The molecule has 1 atom stereocenters. The van der Waals surface area contributed by atoms with E-state index in [-0.39, 0.29) is 6.03 Å². The quantitative estimate of drug-likeness (QED) is 0.693. The molecule has 162 valence electrons. The minimum atomic E-state index is -0.109. The highest BCUT2D eigenvalue weighted by Gasteiger charge is 2.27. The van der Waals surface area contributed by atoms with Crippen LogP contribution < -0.4 is 15.5 Å². The van der Waals surface area contributed by atoms with Crippen LogP contribution in [0.2, 0.25) is 0 Å². The number of aryl methyl sites for hydroxylation is 1. The second kappa shape index (κ2) is 10.8. The lowest BCUT2D eigenvalue weighted by molar-refractivity contribution is 0.122. The molecule has 1 unspecified atom stereocenters. The van der Waals surface area contributed by atoms with Gasteiger partial charge in [-0.05, 0) is 62.5 Å². The lowest BCUT2D eigenvalue weighted by atomic mass is 9.93. The van der Waals surface area contributed by atoms with Crippen LogP contribution in [0.5, 0.6) is 0 Å². The van der Waals surface area contributed by atoms with Gasteiger partial charge in [0.15, 0.2) is 0 Å². The molecule has 0 aliphatic carbocycles. The average Bonchev–Trinajstić information content (AvgIpc) is 3.27. The third kappa shape index (κ3) is 5.86. The Morgan fingerprint density at radius 1 is 1.10 bits per heavy atom. The predicted molar refractivity (Wildman–Crippen MR) is 120 cm³/mol. The fourth-order valence-corrected chi connectivity index (χ4v) is 4.67. The third-order valence-corrected chi connectivity index (χ3v) is 6.51. The van der Waals surface area contributed by atoms with E-state index in [1.165, 1.54) is 18.5 Å². The average molecular weight is 403 g/mol. The Morgan fingerprint density at radius 3 is 2.41 bits per heavy atom. The van der Waals surface area contributed by atoms with Gasteiger partial charge in [0.05, 0.1) is 13.2 Å². The van der Waals surface area contributed by atoms with Gasteiger partial charge in [-0.2, -0.15) is 0 Å². The maximum Gasteiger partial charge on any atom is 0.319 e. The molecule has 2 heterocycles. The molecule has 0 bridgehead atoms. The molecule has 6 heteroatoms. The van der Waals surface area contributed by atoms with Crippen molar-refractivity contribution in [2.24, 2.45) is 5.92 Å². The van der Waals surface area contributed by atoms with E-state index in [4.69, 9.17) is 4.74 Å². The molecular weight excluding hydrogens is 364 g/mol. The summed E-state index contributed by atoms with van der Waals surface area (Å²) in [6, 6.07) is 6.58. The standard InChI is InChI=1S/C23H38N4O2/c1-4-19(5-2)22(27-10-6-7-11-27)17-24-23(28)25-21-9-8-20(16-18(21)3)26-12-14-29-15-13-26/h8-9,16,19,22H,4-7,10-15,17H2,1-3H3,(H2,24,25,28). The minimum Gasteiger partial charge on any atom is -0.378 e. The minimum absolute atomic E-state index is 0.109. The summed E-state index contributed by atoms with van der Waals surface area (Å²) in [6.07, 6.45) is 4.86. The lowest BCUT2D eigenvalue weighted by Gasteiger charge is -2.34. The molecule has 2 N–H and O–H groups in total. The van der Waals surface area contributed by atoms with Gasteiger partial charge in [-0.15, -0.1) is 0 Å². The zero-order valence-electron chi connectivity index (χ0n) is 18.4. The summed E-state index contributed by atoms with van der Waals surface area (Å²) in [6.45, 7) is 13.0. The Labute approximate surface area is 176 Å². The van der Waals surface area contributed by atoms with Crippen LogP contribution in [0.25, 0.3) is 0 Å². The first kappa shape index (κ1) is 21.9. The van der Waals surface area contributed by atoms with Gasteiger partial charge in [0.1, 0.15) is 0 Å². The zero-order valence-corrected chi connectivity index (χ0v) is 18.4. The first-order valence-corrected chi connectivity index (χ1v) is 11.3. The number of urea groups is 1. The molecular formula is C23H38N4O2. The van der Waals surface area contributed by atoms with E-state index in [0.717, 1.165) is 63.5 Å². The number of carbonyl (C=O) groups excluding carboxylic acids is 1. The van der Waals surface area contributed by atoms with E-state index in [1.807, 2.05) is 6.07 Å². The number of nitrogens with one attached hydrogen (secondary N) is 2. The monoisotopic (exact) mass is 402 g/mol. The Hall–Kier alpha value is -1.79. The van der Waals surface area contributed by atoms with Crippen LogP contribution in [0.3, 0.4) is 0 Å². The number of likely N-dealkylation sites (tertiary alicyclic amines) is 1. The Kier molecular flexibility index (Phi) is 8.19. The van der Waals surface area contributed by atoms with Crippen LogP contribution in [0.15, 0.2) is 18.2 Å². The van der Waals surface area contributed by atoms with Crippen molar-refractivity contribution < 1.29 is 9.53 Å². The molecule has 2 aliphatic rings. The van der Waals surface area contributed by atoms with Gasteiger partial charge in [-0.1, -0.05) is 26.7 Å². The van der Waals surface area contributed by atoms with Crippen LogP contribution >= 0.6 is 0 Å². The number of amides is 2. The Morgan fingerprint density at radius 2 is 1.79 bits per heavy atom. The van der Waals surface area contributed by atoms with Crippen molar-refractivity contribution in [2.75, 3.05) is 56.2 Å². The first-order valence-electron chi connectivity index (χ1n) is 11.3. The second-order valence-corrected chi connectivity index (χ2v) is 8.32. The van der Waals surface area contributed by atoms with Crippen molar-refractivity contribution >= 4 is 17.4 Å². The van der Waals surface area contributed by atoms with E-state index in [2.05, 4.69) is 53.3 Å². The molecule has 2 amide bonds. The summed E-state index contributed by atoms with van der Waals surface area (Å²) in [5.41, 5.74) is 3.15. The molecule has 0 saturated carbocycles. The number of hydrogen-bond donors (Lipinski definition) is 2. The van der Waals surface area contributed by atoms with Crippen LogP contribution in [0, 0.1) is 12.8 Å². The summed E-state index contributed by atoms with van der Waals surface area (Å²) in [5.74, 6) is 0.628. The van der Waals surface area contributed by atoms with Gasteiger partial charge in [0.25, 0.3) is 0 Å². The number of carbonyl (C=O) groups is 1. The summed E-state index contributed by atoms with van der Waals surface area (Å²) in [7, 11) is 0.